The highest BCUT2D eigenvalue weighted by atomic mass is 16.5. The number of rotatable bonds is 22. The molecule has 0 aromatic heterocycles. The van der Waals surface area contributed by atoms with Gasteiger partial charge in [0.2, 0.25) is 0 Å². The van der Waals surface area contributed by atoms with Crippen molar-refractivity contribution in [3.63, 3.8) is 0 Å². The van der Waals surface area contributed by atoms with Crippen LogP contribution in [0, 0.1) is 17.8 Å². The summed E-state index contributed by atoms with van der Waals surface area (Å²) in [6.07, 6.45) is 25.4. The fourth-order valence-corrected chi connectivity index (χ4v) is 5.41. The van der Waals surface area contributed by atoms with Crippen molar-refractivity contribution in [2.45, 2.75) is 168 Å². The lowest BCUT2D eigenvalue weighted by molar-refractivity contribution is -0.158. The molecule has 1 unspecified atom stereocenters. The van der Waals surface area contributed by atoms with Gasteiger partial charge in [-0.05, 0) is 57.3 Å². The zero-order chi connectivity index (χ0) is 25.7. The zero-order valence-electron chi connectivity index (χ0n) is 23.5. The number of ether oxygens (including phenoxy) is 1. The topological polar surface area (TPSA) is 63.6 Å². The Labute approximate surface area is 217 Å². The summed E-state index contributed by atoms with van der Waals surface area (Å²) >= 11 is 0. The van der Waals surface area contributed by atoms with Gasteiger partial charge in [-0.15, -0.1) is 0 Å². The van der Waals surface area contributed by atoms with Gasteiger partial charge in [0, 0.05) is 0 Å². The van der Waals surface area contributed by atoms with Crippen LogP contribution in [0.1, 0.15) is 162 Å². The maximum absolute atomic E-state index is 12.8. The van der Waals surface area contributed by atoms with E-state index < -0.39 is 5.97 Å². The molecule has 1 rings (SSSR count). The van der Waals surface area contributed by atoms with E-state index >= 15 is 0 Å². The quantitative estimate of drug-likeness (QED) is 0.120. The minimum absolute atomic E-state index is 0.0448. The molecule has 0 spiro atoms. The highest BCUT2D eigenvalue weighted by Crippen LogP contribution is 2.30. The summed E-state index contributed by atoms with van der Waals surface area (Å²) < 4.78 is 6.04. The molecule has 206 valence electrons. The second kappa shape index (κ2) is 21.1. The van der Waals surface area contributed by atoms with Crippen LogP contribution >= 0.6 is 0 Å². The molecular formula is C31H58O4. The van der Waals surface area contributed by atoms with Crippen molar-refractivity contribution < 1.29 is 19.4 Å². The van der Waals surface area contributed by atoms with Crippen molar-refractivity contribution in [2.24, 2.45) is 17.8 Å². The van der Waals surface area contributed by atoms with Gasteiger partial charge in [0.05, 0.1) is 11.8 Å². The third-order valence-corrected chi connectivity index (χ3v) is 7.88. The molecule has 0 aromatic carbocycles. The van der Waals surface area contributed by atoms with Gasteiger partial charge < -0.3 is 9.84 Å². The Morgan fingerprint density at radius 3 is 1.49 bits per heavy atom. The van der Waals surface area contributed by atoms with E-state index in [1.807, 2.05) is 0 Å². The summed E-state index contributed by atoms with van der Waals surface area (Å²) in [5, 5.41) is 9.21. The van der Waals surface area contributed by atoms with Crippen molar-refractivity contribution in [2.75, 3.05) is 0 Å². The summed E-state index contributed by atoms with van der Waals surface area (Å²) in [7, 11) is 0. The molecule has 35 heavy (non-hydrogen) atoms. The summed E-state index contributed by atoms with van der Waals surface area (Å²) in [5.74, 6) is -0.389. The van der Waals surface area contributed by atoms with E-state index in [9.17, 15) is 14.7 Å². The number of carbonyl (C=O) groups excluding carboxylic acids is 1. The van der Waals surface area contributed by atoms with Crippen LogP contribution in [0.15, 0.2) is 0 Å². The standard InChI is InChI=1S/C31H58O4/c1-4-5-6-7-8-9-10-11-12-13-17-20-29(21-18-15-14-16-19-26(2)3)35-31(34)28-24-22-27(23-25-28)30(32)33/h26-29H,4-25H2,1-3H3,(H,32,33). The van der Waals surface area contributed by atoms with Crippen molar-refractivity contribution in [3.8, 4) is 0 Å². The molecule has 0 heterocycles. The monoisotopic (exact) mass is 494 g/mol. The fourth-order valence-electron chi connectivity index (χ4n) is 5.41. The zero-order valence-corrected chi connectivity index (χ0v) is 23.5. The Balaban J connectivity index is 2.28. The Morgan fingerprint density at radius 1 is 0.657 bits per heavy atom. The summed E-state index contributed by atoms with van der Waals surface area (Å²) in [5.41, 5.74) is 0. The second-order valence-corrected chi connectivity index (χ2v) is 11.7. The van der Waals surface area contributed by atoms with E-state index in [2.05, 4.69) is 20.8 Å². The molecule has 0 aliphatic heterocycles. The highest BCUT2D eigenvalue weighted by molar-refractivity contribution is 5.74. The van der Waals surface area contributed by atoms with E-state index in [1.165, 1.54) is 89.9 Å². The molecule has 0 radical (unpaired) electrons. The first-order valence-electron chi connectivity index (χ1n) is 15.4. The maximum Gasteiger partial charge on any atom is 0.309 e. The summed E-state index contributed by atoms with van der Waals surface area (Å²) in [6.45, 7) is 6.84. The van der Waals surface area contributed by atoms with Crippen LogP contribution in [0.4, 0.5) is 0 Å². The fraction of sp³-hybridized carbons (Fsp3) is 0.935. The van der Waals surface area contributed by atoms with E-state index in [-0.39, 0.29) is 23.9 Å². The first-order chi connectivity index (χ1) is 16.9. The Morgan fingerprint density at radius 2 is 1.06 bits per heavy atom. The number of carboxylic acids is 1. The molecule has 1 saturated carbocycles. The summed E-state index contributed by atoms with van der Waals surface area (Å²) in [4.78, 5) is 24.0. The van der Waals surface area contributed by atoms with Crippen LogP contribution in [0.3, 0.4) is 0 Å². The van der Waals surface area contributed by atoms with Crippen molar-refractivity contribution in [3.05, 3.63) is 0 Å². The van der Waals surface area contributed by atoms with Gasteiger partial charge in [0.1, 0.15) is 6.10 Å². The van der Waals surface area contributed by atoms with Gasteiger partial charge in [0.15, 0.2) is 0 Å². The lowest BCUT2D eigenvalue weighted by Gasteiger charge is -2.27. The van der Waals surface area contributed by atoms with Crippen molar-refractivity contribution in [1.29, 1.82) is 0 Å². The van der Waals surface area contributed by atoms with E-state index in [1.54, 1.807) is 0 Å². The molecule has 0 bridgehead atoms. The minimum atomic E-state index is -0.719. The van der Waals surface area contributed by atoms with E-state index in [0.717, 1.165) is 31.6 Å². The highest BCUT2D eigenvalue weighted by Gasteiger charge is 2.31. The first-order valence-corrected chi connectivity index (χ1v) is 15.4. The Hall–Kier alpha value is -1.06. The molecule has 0 aromatic rings. The van der Waals surface area contributed by atoms with Gasteiger partial charge >= 0.3 is 11.9 Å². The van der Waals surface area contributed by atoms with Crippen LogP contribution in [-0.4, -0.2) is 23.1 Å². The van der Waals surface area contributed by atoms with Gasteiger partial charge in [-0.2, -0.15) is 0 Å². The average molecular weight is 495 g/mol. The number of esters is 1. The minimum Gasteiger partial charge on any atom is -0.481 e. The number of carbonyl (C=O) groups is 2. The molecule has 1 N–H and O–H groups in total. The number of aliphatic carboxylic acids is 1. The van der Waals surface area contributed by atoms with Crippen LogP contribution in [0.25, 0.3) is 0 Å². The predicted octanol–water partition coefficient (Wildman–Crippen LogP) is 9.49. The van der Waals surface area contributed by atoms with E-state index in [4.69, 9.17) is 4.74 Å². The maximum atomic E-state index is 12.8. The first kappa shape index (κ1) is 32.0. The largest absolute Gasteiger partial charge is 0.481 e. The molecule has 1 aliphatic carbocycles. The number of carboxylic acid groups (broad SMARTS) is 1. The SMILES string of the molecule is CCCCCCCCCCCCCC(CCCCCCC(C)C)OC(=O)C1CCC(C(=O)O)CC1. The summed E-state index contributed by atoms with van der Waals surface area (Å²) in [6, 6.07) is 0. The molecule has 1 aliphatic rings. The van der Waals surface area contributed by atoms with Gasteiger partial charge in [-0.25, -0.2) is 0 Å². The smallest absolute Gasteiger partial charge is 0.309 e. The van der Waals surface area contributed by atoms with Crippen LogP contribution < -0.4 is 0 Å². The van der Waals surface area contributed by atoms with Crippen molar-refractivity contribution >= 4 is 11.9 Å². The van der Waals surface area contributed by atoms with Crippen LogP contribution in [0.2, 0.25) is 0 Å². The number of hydrogen-bond acceptors (Lipinski definition) is 3. The molecule has 4 nitrogen and oxygen atoms in total. The average Bonchev–Trinajstić information content (AvgIpc) is 2.84. The predicted molar refractivity (Wildman–Crippen MR) is 147 cm³/mol. The number of hydrogen-bond donors (Lipinski definition) is 1. The van der Waals surface area contributed by atoms with Crippen LogP contribution in [-0.2, 0) is 14.3 Å². The normalized spacial score (nSPS) is 19.1. The molecule has 1 atom stereocenters. The number of unbranched alkanes of at least 4 members (excludes halogenated alkanes) is 13. The third-order valence-electron chi connectivity index (χ3n) is 7.88. The second-order valence-electron chi connectivity index (χ2n) is 11.7. The molecule has 0 saturated heterocycles. The van der Waals surface area contributed by atoms with Gasteiger partial charge in [-0.1, -0.05) is 111 Å². The van der Waals surface area contributed by atoms with E-state index in [0.29, 0.717) is 25.7 Å². The van der Waals surface area contributed by atoms with Gasteiger partial charge in [0.25, 0.3) is 0 Å². The molecule has 0 amide bonds. The Bertz CT molecular complexity index is 522. The lowest BCUT2D eigenvalue weighted by Crippen LogP contribution is -2.29. The molecule has 1 fully saturated rings. The lowest BCUT2D eigenvalue weighted by atomic mass is 9.82. The Kier molecular flexibility index (Phi) is 19.2. The third kappa shape index (κ3) is 17.1. The molecule has 4 heteroatoms. The van der Waals surface area contributed by atoms with Crippen LogP contribution in [0.5, 0.6) is 0 Å². The molecular weight excluding hydrogens is 436 g/mol. The van der Waals surface area contributed by atoms with Gasteiger partial charge in [-0.3, -0.25) is 9.59 Å². The van der Waals surface area contributed by atoms with Crippen molar-refractivity contribution in [1.82, 2.24) is 0 Å².